The zero-order valence-electron chi connectivity index (χ0n) is 12.8. The molecule has 114 valence electrons. The minimum Gasteiger partial charge on any atom is -0.357 e. The van der Waals surface area contributed by atoms with E-state index < -0.39 is 0 Å². The molecule has 5 heteroatoms. The Hall–Kier alpha value is -1.26. The molecule has 1 heterocycles. The minimum atomic E-state index is 0.253. The number of amides is 1. The largest absolute Gasteiger partial charge is 0.357 e. The van der Waals surface area contributed by atoms with Gasteiger partial charge in [0, 0.05) is 31.6 Å². The second kappa shape index (κ2) is 7.50. The number of aliphatic imine (C=N–C) groups is 1. The lowest BCUT2D eigenvalue weighted by Gasteiger charge is -2.33. The van der Waals surface area contributed by atoms with Crippen LogP contribution in [0.5, 0.6) is 0 Å². The van der Waals surface area contributed by atoms with Crippen molar-refractivity contribution in [2.45, 2.75) is 64.5 Å². The standard InChI is InChI=1S/C15H28N4O/c1-3-16-15(18-13-7-8-13)17-10-9-14(20)19-11-5-4-6-12(19)2/h12-13H,3-11H2,1-2H3,(H2,16,17,18). The molecule has 0 bridgehead atoms. The fourth-order valence-electron chi connectivity index (χ4n) is 2.62. The van der Waals surface area contributed by atoms with Gasteiger partial charge in [0.15, 0.2) is 5.96 Å². The molecule has 0 spiro atoms. The lowest BCUT2D eigenvalue weighted by molar-refractivity contribution is -0.134. The van der Waals surface area contributed by atoms with E-state index in [1.54, 1.807) is 0 Å². The average Bonchev–Trinajstić information content (AvgIpc) is 3.23. The summed E-state index contributed by atoms with van der Waals surface area (Å²) in [7, 11) is 0. The van der Waals surface area contributed by atoms with E-state index in [1.807, 2.05) is 4.90 Å². The Morgan fingerprint density at radius 1 is 1.30 bits per heavy atom. The molecule has 0 radical (unpaired) electrons. The monoisotopic (exact) mass is 280 g/mol. The zero-order chi connectivity index (χ0) is 14.4. The van der Waals surface area contributed by atoms with Crippen LogP contribution in [0.4, 0.5) is 0 Å². The van der Waals surface area contributed by atoms with Gasteiger partial charge in [-0.3, -0.25) is 9.79 Å². The summed E-state index contributed by atoms with van der Waals surface area (Å²) in [5, 5.41) is 6.60. The van der Waals surface area contributed by atoms with Gasteiger partial charge in [-0.2, -0.15) is 0 Å². The topological polar surface area (TPSA) is 56.7 Å². The van der Waals surface area contributed by atoms with Gasteiger partial charge in [0.1, 0.15) is 0 Å². The smallest absolute Gasteiger partial charge is 0.224 e. The highest BCUT2D eigenvalue weighted by molar-refractivity contribution is 5.81. The first-order valence-electron chi connectivity index (χ1n) is 8.05. The average molecular weight is 280 g/mol. The molecular weight excluding hydrogens is 252 g/mol. The second-order valence-corrected chi connectivity index (χ2v) is 5.86. The van der Waals surface area contributed by atoms with Crippen LogP contribution in [0.25, 0.3) is 0 Å². The molecule has 0 aromatic heterocycles. The predicted octanol–water partition coefficient (Wildman–Crippen LogP) is 1.49. The van der Waals surface area contributed by atoms with Crippen molar-refractivity contribution in [1.29, 1.82) is 0 Å². The van der Waals surface area contributed by atoms with Crippen molar-refractivity contribution < 1.29 is 4.79 Å². The molecule has 2 aliphatic rings. The van der Waals surface area contributed by atoms with Gasteiger partial charge in [-0.1, -0.05) is 0 Å². The molecule has 2 rings (SSSR count). The number of piperidine rings is 1. The maximum absolute atomic E-state index is 12.2. The third-order valence-electron chi connectivity index (χ3n) is 3.98. The van der Waals surface area contributed by atoms with Crippen molar-refractivity contribution in [2.75, 3.05) is 19.6 Å². The molecule has 0 aromatic carbocycles. The number of nitrogens with zero attached hydrogens (tertiary/aromatic N) is 2. The summed E-state index contributed by atoms with van der Waals surface area (Å²) in [5.41, 5.74) is 0. The van der Waals surface area contributed by atoms with Crippen molar-refractivity contribution >= 4 is 11.9 Å². The molecule has 1 aliphatic carbocycles. The van der Waals surface area contributed by atoms with Gasteiger partial charge in [-0.25, -0.2) is 0 Å². The molecule has 20 heavy (non-hydrogen) atoms. The Morgan fingerprint density at radius 3 is 2.75 bits per heavy atom. The van der Waals surface area contributed by atoms with Gasteiger partial charge in [0.25, 0.3) is 0 Å². The Kier molecular flexibility index (Phi) is 5.68. The van der Waals surface area contributed by atoms with Crippen molar-refractivity contribution in [3.8, 4) is 0 Å². The van der Waals surface area contributed by atoms with Gasteiger partial charge < -0.3 is 15.5 Å². The van der Waals surface area contributed by atoms with Gasteiger partial charge in [0.05, 0.1) is 6.54 Å². The molecular formula is C15H28N4O. The fraction of sp³-hybridized carbons (Fsp3) is 0.867. The van der Waals surface area contributed by atoms with E-state index in [9.17, 15) is 4.79 Å². The van der Waals surface area contributed by atoms with E-state index in [2.05, 4.69) is 29.5 Å². The number of hydrogen-bond donors (Lipinski definition) is 2. The maximum atomic E-state index is 12.2. The summed E-state index contributed by atoms with van der Waals surface area (Å²) in [6, 6.07) is 0.990. The first-order valence-corrected chi connectivity index (χ1v) is 8.05. The van der Waals surface area contributed by atoms with Crippen LogP contribution in [0, 0.1) is 0 Å². The highest BCUT2D eigenvalue weighted by atomic mass is 16.2. The molecule has 1 amide bonds. The maximum Gasteiger partial charge on any atom is 0.224 e. The van der Waals surface area contributed by atoms with Crippen molar-refractivity contribution in [3.63, 3.8) is 0 Å². The van der Waals surface area contributed by atoms with Crippen molar-refractivity contribution in [2.24, 2.45) is 4.99 Å². The van der Waals surface area contributed by atoms with E-state index in [4.69, 9.17) is 0 Å². The van der Waals surface area contributed by atoms with E-state index in [1.165, 1.54) is 19.3 Å². The molecule has 1 atom stereocenters. The number of guanidine groups is 1. The van der Waals surface area contributed by atoms with E-state index in [0.29, 0.717) is 25.0 Å². The Morgan fingerprint density at radius 2 is 2.10 bits per heavy atom. The number of nitrogens with one attached hydrogen (secondary N) is 2. The number of hydrogen-bond acceptors (Lipinski definition) is 2. The normalized spacial score (nSPS) is 23.6. The Bertz CT molecular complexity index is 352. The molecule has 2 N–H and O–H groups in total. The number of carbonyl (C=O) groups is 1. The molecule has 1 saturated heterocycles. The molecule has 1 unspecified atom stereocenters. The second-order valence-electron chi connectivity index (χ2n) is 5.86. The first-order chi connectivity index (χ1) is 9.70. The third kappa shape index (κ3) is 4.69. The summed E-state index contributed by atoms with van der Waals surface area (Å²) in [4.78, 5) is 18.7. The summed E-state index contributed by atoms with van der Waals surface area (Å²) >= 11 is 0. The number of carbonyl (C=O) groups excluding carboxylic acids is 1. The van der Waals surface area contributed by atoms with E-state index in [0.717, 1.165) is 31.9 Å². The Labute approximate surface area is 122 Å². The molecule has 1 aliphatic heterocycles. The van der Waals surface area contributed by atoms with Crippen LogP contribution in [0.15, 0.2) is 4.99 Å². The van der Waals surface area contributed by atoms with Gasteiger partial charge in [-0.05, 0) is 46.0 Å². The quantitative estimate of drug-likeness (QED) is 0.592. The molecule has 1 saturated carbocycles. The fourth-order valence-corrected chi connectivity index (χ4v) is 2.62. The van der Waals surface area contributed by atoms with Crippen LogP contribution in [0.3, 0.4) is 0 Å². The van der Waals surface area contributed by atoms with Crippen LogP contribution in [-0.4, -0.2) is 48.5 Å². The summed E-state index contributed by atoms with van der Waals surface area (Å²) < 4.78 is 0. The Balaban J connectivity index is 1.75. The lowest BCUT2D eigenvalue weighted by Crippen LogP contribution is -2.42. The van der Waals surface area contributed by atoms with E-state index in [-0.39, 0.29) is 5.91 Å². The van der Waals surface area contributed by atoms with Gasteiger partial charge >= 0.3 is 0 Å². The van der Waals surface area contributed by atoms with Gasteiger partial charge in [0.2, 0.25) is 5.91 Å². The zero-order valence-corrected chi connectivity index (χ0v) is 12.8. The number of rotatable bonds is 5. The third-order valence-corrected chi connectivity index (χ3v) is 3.98. The van der Waals surface area contributed by atoms with Crippen molar-refractivity contribution in [1.82, 2.24) is 15.5 Å². The summed E-state index contributed by atoms with van der Waals surface area (Å²) in [6.45, 7) is 6.56. The molecule has 0 aromatic rings. The minimum absolute atomic E-state index is 0.253. The highest BCUT2D eigenvalue weighted by Crippen LogP contribution is 2.18. The summed E-state index contributed by atoms with van der Waals surface area (Å²) in [5.74, 6) is 1.11. The predicted molar refractivity (Wildman–Crippen MR) is 81.8 cm³/mol. The van der Waals surface area contributed by atoms with Gasteiger partial charge in [-0.15, -0.1) is 0 Å². The van der Waals surface area contributed by atoms with Crippen molar-refractivity contribution in [3.05, 3.63) is 0 Å². The van der Waals surface area contributed by atoms with Crippen LogP contribution in [-0.2, 0) is 4.79 Å². The van der Waals surface area contributed by atoms with Crippen LogP contribution >= 0.6 is 0 Å². The number of likely N-dealkylation sites (tertiary alicyclic amines) is 1. The SMILES string of the molecule is CCNC(=NCCC(=O)N1CCCCC1C)NC1CC1. The lowest BCUT2D eigenvalue weighted by atomic mass is 10.0. The highest BCUT2D eigenvalue weighted by Gasteiger charge is 2.23. The molecule has 5 nitrogen and oxygen atoms in total. The van der Waals surface area contributed by atoms with Crippen LogP contribution in [0.1, 0.15) is 52.4 Å². The van der Waals surface area contributed by atoms with Crippen LogP contribution < -0.4 is 10.6 Å². The first kappa shape index (κ1) is 15.1. The van der Waals surface area contributed by atoms with Crippen LogP contribution in [0.2, 0.25) is 0 Å². The molecule has 2 fully saturated rings. The van der Waals surface area contributed by atoms with E-state index >= 15 is 0 Å². The summed E-state index contributed by atoms with van der Waals surface area (Å²) in [6.07, 6.45) is 6.51.